The lowest BCUT2D eigenvalue weighted by Crippen LogP contribution is -2.43. The third-order valence-corrected chi connectivity index (χ3v) is 6.79. The molecule has 0 bridgehead atoms. The zero-order valence-corrected chi connectivity index (χ0v) is 19.9. The second kappa shape index (κ2) is 12.2. The minimum atomic E-state index is -0.502. The zero-order chi connectivity index (χ0) is 22.8. The van der Waals surface area contributed by atoms with Crippen LogP contribution in [0.4, 0.5) is 0 Å². The molecule has 1 amide bonds. The molecular weight excluding hydrogens is 420 g/mol. The summed E-state index contributed by atoms with van der Waals surface area (Å²) in [6.07, 6.45) is 5.66. The Morgan fingerprint density at radius 1 is 0.938 bits per heavy atom. The standard InChI is InChI=1S/C27H35ClN2O2/c1-30(20-22-12-5-2-6-13-22,21-23-14-7-3-8-15-23)19-10-4-9-18-26(31)25-17-11-16-24(28)27(32)29-25/h2-3,5-8,12-15,24-25H,4,9-11,16-21H2,1H3/p+1. The topological polar surface area (TPSA) is 46.2 Å². The Kier molecular flexibility index (Phi) is 9.31. The summed E-state index contributed by atoms with van der Waals surface area (Å²) in [6.45, 7) is 3.04. The number of Topliss-reactive ketones (excluding diaryl/α,β-unsaturated/α-hetero) is 1. The molecule has 172 valence electrons. The third kappa shape index (κ3) is 7.75. The minimum absolute atomic E-state index is 0.148. The molecule has 2 aromatic rings. The number of halogens is 1. The van der Waals surface area contributed by atoms with Crippen LogP contribution in [-0.2, 0) is 22.7 Å². The molecular formula is C27H36ClN2O2+. The number of ketones is 1. The number of amides is 1. The summed E-state index contributed by atoms with van der Waals surface area (Å²) in [7, 11) is 2.33. The van der Waals surface area contributed by atoms with Gasteiger partial charge in [0.1, 0.15) is 18.5 Å². The van der Waals surface area contributed by atoms with Crippen LogP contribution in [0.2, 0.25) is 0 Å². The van der Waals surface area contributed by atoms with E-state index in [4.69, 9.17) is 11.6 Å². The Morgan fingerprint density at radius 3 is 2.12 bits per heavy atom. The van der Waals surface area contributed by atoms with E-state index in [0.29, 0.717) is 19.3 Å². The van der Waals surface area contributed by atoms with E-state index >= 15 is 0 Å². The first kappa shape index (κ1) is 24.5. The van der Waals surface area contributed by atoms with Gasteiger partial charge in [0.15, 0.2) is 5.78 Å². The molecule has 32 heavy (non-hydrogen) atoms. The highest BCUT2D eigenvalue weighted by Gasteiger charge is 2.27. The SMILES string of the molecule is C[N+](CCCCCC(=O)C1CCCC(Cl)C(=O)N1)(Cc1ccccc1)Cc1ccccc1. The van der Waals surface area contributed by atoms with Crippen molar-refractivity contribution in [1.29, 1.82) is 0 Å². The lowest BCUT2D eigenvalue weighted by molar-refractivity contribution is -0.935. The third-order valence-electron chi connectivity index (χ3n) is 6.38. The molecule has 0 spiro atoms. The maximum Gasteiger partial charge on any atom is 0.238 e. The molecule has 1 saturated heterocycles. The van der Waals surface area contributed by atoms with Crippen LogP contribution in [0.1, 0.15) is 56.1 Å². The van der Waals surface area contributed by atoms with Crippen LogP contribution >= 0.6 is 11.6 Å². The van der Waals surface area contributed by atoms with Crippen LogP contribution in [0.3, 0.4) is 0 Å². The number of hydrogen-bond donors (Lipinski definition) is 1. The maximum atomic E-state index is 12.6. The number of carbonyl (C=O) groups is 2. The molecule has 5 heteroatoms. The number of carbonyl (C=O) groups excluding carboxylic acids is 2. The summed E-state index contributed by atoms with van der Waals surface area (Å²) in [5.74, 6) is -0.0488. The van der Waals surface area contributed by atoms with Crippen molar-refractivity contribution in [2.24, 2.45) is 0 Å². The van der Waals surface area contributed by atoms with Gasteiger partial charge in [0.2, 0.25) is 5.91 Å². The second-order valence-electron chi connectivity index (χ2n) is 9.37. The van der Waals surface area contributed by atoms with Gasteiger partial charge in [-0.05, 0) is 38.5 Å². The lowest BCUT2D eigenvalue weighted by Gasteiger charge is -2.35. The van der Waals surface area contributed by atoms with Crippen LogP contribution in [0.15, 0.2) is 60.7 Å². The Balaban J connectivity index is 1.49. The number of quaternary nitrogens is 1. The molecule has 0 aromatic heterocycles. The van der Waals surface area contributed by atoms with Gasteiger partial charge in [-0.2, -0.15) is 0 Å². The second-order valence-corrected chi connectivity index (χ2v) is 9.89. The molecule has 1 aliphatic heterocycles. The smallest absolute Gasteiger partial charge is 0.238 e. The van der Waals surface area contributed by atoms with Crippen LogP contribution in [-0.4, -0.2) is 41.2 Å². The van der Waals surface area contributed by atoms with Crippen molar-refractivity contribution in [3.05, 3.63) is 71.8 Å². The zero-order valence-electron chi connectivity index (χ0n) is 19.1. The lowest BCUT2D eigenvalue weighted by atomic mass is 10.0. The fourth-order valence-corrected chi connectivity index (χ4v) is 4.83. The molecule has 2 unspecified atom stereocenters. The minimum Gasteiger partial charge on any atom is -0.345 e. The molecule has 2 atom stereocenters. The Labute approximate surface area is 197 Å². The van der Waals surface area contributed by atoms with Gasteiger partial charge < -0.3 is 9.80 Å². The summed E-state index contributed by atoms with van der Waals surface area (Å²) in [5.41, 5.74) is 2.70. The van der Waals surface area contributed by atoms with E-state index < -0.39 is 5.38 Å². The molecule has 1 aliphatic rings. The summed E-state index contributed by atoms with van der Waals surface area (Å²) >= 11 is 6.02. The summed E-state index contributed by atoms with van der Waals surface area (Å²) < 4.78 is 0.942. The summed E-state index contributed by atoms with van der Waals surface area (Å²) in [6, 6.07) is 21.0. The van der Waals surface area contributed by atoms with Crippen LogP contribution < -0.4 is 5.32 Å². The molecule has 0 aliphatic carbocycles. The molecule has 0 saturated carbocycles. The van der Waals surface area contributed by atoms with Crippen molar-refractivity contribution in [2.75, 3.05) is 13.6 Å². The van der Waals surface area contributed by atoms with Crippen molar-refractivity contribution in [1.82, 2.24) is 5.32 Å². The monoisotopic (exact) mass is 455 g/mol. The van der Waals surface area contributed by atoms with Crippen LogP contribution in [0.25, 0.3) is 0 Å². The van der Waals surface area contributed by atoms with Crippen LogP contribution in [0, 0.1) is 0 Å². The summed E-state index contributed by atoms with van der Waals surface area (Å²) in [5, 5.41) is 2.32. The predicted octanol–water partition coefficient (Wildman–Crippen LogP) is 5.24. The Bertz CT molecular complexity index is 815. The van der Waals surface area contributed by atoms with Crippen molar-refractivity contribution in [3.8, 4) is 0 Å². The average Bonchev–Trinajstić information content (AvgIpc) is 2.95. The average molecular weight is 456 g/mol. The molecule has 3 rings (SSSR count). The van der Waals surface area contributed by atoms with Crippen molar-refractivity contribution >= 4 is 23.3 Å². The number of unbranched alkanes of at least 4 members (excludes halogenated alkanes) is 2. The first-order valence-corrected chi connectivity index (χ1v) is 12.3. The Hall–Kier alpha value is -2.17. The molecule has 2 aromatic carbocycles. The van der Waals surface area contributed by atoms with E-state index in [-0.39, 0.29) is 17.7 Å². The van der Waals surface area contributed by atoms with Gasteiger partial charge in [0, 0.05) is 17.5 Å². The number of nitrogens with zero attached hydrogens (tertiary/aromatic N) is 1. The molecule has 0 radical (unpaired) electrons. The number of nitrogens with one attached hydrogen (secondary N) is 1. The van der Waals surface area contributed by atoms with E-state index in [2.05, 4.69) is 73.0 Å². The van der Waals surface area contributed by atoms with Gasteiger partial charge in [-0.3, -0.25) is 9.59 Å². The maximum absolute atomic E-state index is 12.6. The first-order chi connectivity index (χ1) is 15.5. The van der Waals surface area contributed by atoms with Gasteiger partial charge >= 0.3 is 0 Å². The van der Waals surface area contributed by atoms with E-state index in [1.54, 1.807) is 0 Å². The highest BCUT2D eigenvalue weighted by Crippen LogP contribution is 2.20. The van der Waals surface area contributed by atoms with Gasteiger partial charge in [0.25, 0.3) is 0 Å². The molecule has 1 N–H and O–H groups in total. The number of alkyl halides is 1. The summed E-state index contributed by atoms with van der Waals surface area (Å²) in [4.78, 5) is 24.5. The first-order valence-electron chi connectivity index (χ1n) is 11.8. The fraction of sp³-hybridized carbons (Fsp3) is 0.481. The van der Waals surface area contributed by atoms with Crippen molar-refractivity contribution < 1.29 is 14.1 Å². The van der Waals surface area contributed by atoms with Crippen LogP contribution in [0.5, 0.6) is 0 Å². The Morgan fingerprint density at radius 2 is 1.53 bits per heavy atom. The molecule has 4 nitrogen and oxygen atoms in total. The molecule has 1 fully saturated rings. The predicted molar refractivity (Wildman–Crippen MR) is 130 cm³/mol. The van der Waals surface area contributed by atoms with Gasteiger partial charge in [-0.15, -0.1) is 11.6 Å². The normalized spacial score (nSPS) is 19.2. The van der Waals surface area contributed by atoms with E-state index in [0.717, 1.165) is 49.8 Å². The number of rotatable bonds is 11. The van der Waals surface area contributed by atoms with Crippen molar-refractivity contribution in [2.45, 2.75) is 69.5 Å². The fourth-order valence-electron chi connectivity index (χ4n) is 4.61. The van der Waals surface area contributed by atoms with E-state index in [1.165, 1.54) is 11.1 Å². The van der Waals surface area contributed by atoms with Gasteiger partial charge in [0.05, 0.1) is 19.6 Å². The van der Waals surface area contributed by atoms with Crippen molar-refractivity contribution in [3.63, 3.8) is 0 Å². The highest BCUT2D eigenvalue weighted by molar-refractivity contribution is 6.30. The molecule has 1 heterocycles. The van der Waals surface area contributed by atoms with E-state index in [9.17, 15) is 9.59 Å². The number of hydrogen-bond acceptors (Lipinski definition) is 2. The quantitative estimate of drug-likeness (QED) is 0.286. The largest absolute Gasteiger partial charge is 0.345 e. The van der Waals surface area contributed by atoms with Gasteiger partial charge in [-0.1, -0.05) is 60.7 Å². The highest BCUT2D eigenvalue weighted by atomic mass is 35.5. The van der Waals surface area contributed by atoms with Gasteiger partial charge in [-0.25, -0.2) is 0 Å². The van der Waals surface area contributed by atoms with E-state index in [1.807, 2.05) is 0 Å². The number of benzene rings is 2.